The van der Waals surface area contributed by atoms with Crippen molar-refractivity contribution in [3.05, 3.63) is 12.2 Å². The Balaban J connectivity index is 4.34. The summed E-state index contributed by atoms with van der Waals surface area (Å²) in [6.07, 6.45) is 5.44. The van der Waals surface area contributed by atoms with E-state index in [4.69, 9.17) is 9.11 Å². The maximum atomic E-state index is 10.8. The molecule has 0 amide bonds. The SMILES string of the molecule is CCC=CCC(CCCS(=O)(=O)O)CS(=O)(=O)O. The summed E-state index contributed by atoms with van der Waals surface area (Å²) < 4.78 is 60.0. The van der Waals surface area contributed by atoms with Gasteiger partial charge in [0.15, 0.2) is 0 Å². The predicted molar refractivity (Wildman–Crippen MR) is 69.6 cm³/mol. The first-order valence-electron chi connectivity index (χ1n) is 5.69. The van der Waals surface area contributed by atoms with E-state index in [1.807, 2.05) is 19.1 Å². The van der Waals surface area contributed by atoms with Crippen molar-refractivity contribution in [3.63, 3.8) is 0 Å². The molecule has 0 aliphatic rings. The Bertz CT molecular complexity index is 449. The maximum Gasteiger partial charge on any atom is 0.265 e. The lowest BCUT2D eigenvalue weighted by atomic mass is 10.0. The first-order chi connectivity index (χ1) is 8.14. The second kappa shape index (κ2) is 7.88. The molecule has 0 saturated carbocycles. The first-order valence-corrected chi connectivity index (χ1v) is 8.91. The molecule has 8 heteroatoms. The van der Waals surface area contributed by atoms with Crippen molar-refractivity contribution in [1.29, 1.82) is 0 Å². The lowest BCUT2D eigenvalue weighted by Gasteiger charge is -2.12. The van der Waals surface area contributed by atoms with E-state index in [0.717, 1.165) is 6.42 Å². The average molecular weight is 300 g/mol. The minimum absolute atomic E-state index is 0.166. The lowest BCUT2D eigenvalue weighted by Crippen LogP contribution is -2.16. The van der Waals surface area contributed by atoms with Crippen LogP contribution in [-0.2, 0) is 20.2 Å². The van der Waals surface area contributed by atoms with E-state index in [1.165, 1.54) is 0 Å². The van der Waals surface area contributed by atoms with Gasteiger partial charge in [-0.05, 0) is 31.6 Å². The molecule has 6 nitrogen and oxygen atoms in total. The second-order valence-electron chi connectivity index (χ2n) is 4.16. The molecule has 1 unspecified atom stereocenters. The van der Waals surface area contributed by atoms with Crippen LogP contribution in [0.1, 0.15) is 32.6 Å². The summed E-state index contributed by atoms with van der Waals surface area (Å²) in [6.45, 7) is 1.94. The Labute approximate surface area is 109 Å². The Hall–Kier alpha value is -0.440. The number of rotatable bonds is 9. The van der Waals surface area contributed by atoms with Gasteiger partial charge < -0.3 is 0 Å². The second-order valence-corrected chi connectivity index (χ2v) is 7.23. The van der Waals surface area contributed by atoms with Crippen molar-refractivity contribution in [2.45, 2.75) is 32.6 Å². The van der Waals surface area contributed by atoms with Crippen LogP contribution in [0.15, 0.2) is 12.2 Å². The molecule has 0 aromatic heterocycles. The Morgan fingerprint density at radius 2 is 1.67 bits per heavy atom. The van der Waals surface area contributed by atoms with Crippen molar-refractivity contribution in [2.24, 2.45) is 5.92 Å². The van der Waals surface area contributed by atoms with Gasteiger partial charge in [0.05, 0.1) is 11.5 Å². The summed E-state index contributed by atoms with van der Waals surface area (Å²) in [6, 6.07) is 0. The Morgan fingerprint density at radius 3 is 2.11 bits per heavy atom. The minimum Gasteiger partial charge on any atom is -0.286 e. The van der Waals surface area contributed by atoms with Crippen molar-refractivity contribution in [3.8, 4) is 0 Å². The third kappa shape index (κ3) is 12.0. The highest BCUT2D eigenvalue weighted by Gasteiger charge is 2.16. The Morgan fingerprint density at radius 1 is 1.06 bits per heavy atom. The molecule has 0 rings (SSSR count). The van der Waals surface area contributed by atoms with Gasteiger partial charge in [0, 0.05) is 0 Å². The van der Waals surface area contributed by atoms with Crippen LogP contribution in [0.4, 0.5) is 0 Å². The molecule has 0 radical (unpaired) electrons. The van der Waals surface area contributed by atoms with Gasteiger partial charge in [-0.2, -0.15) is 16.8 Å². The largest absolute Gasteiger partial charge is 0.286 e. The molecule has 108 valence electrons. The summed E-state index contributed by atoms with van der Waals surface area (Å²) in [5.41, 5.74) is 0. The fraction of sp³-hybridized carbons (Fsp3) is 0.800. The zero-order valence-electron chi connectivity index (χ0n) is 10.3. The van der Waals surface area contributed by atoms with Crippen molar-refractivity contribution >= 4 is 20.2 Å². The van der Waals surface area contributed by atoms with Crippen LogP contribution >= 0.6 is 0 Å². The smallest absolute Gasteiger partial charge is 0.265 e. The van der Waals surface area contributed by atoms with Crippen LogP contribution in [0.5, 0.6) is 0 Å². The third-order valence-electron chi connectivity index (χ3n) is 2.33. The van der Waals surface area contributed by atoms with E-state index in [2.05, 4.69) is 0 Å². The molecule has 0 aromatic rings. The van der Waals surface area contributed by atoms with Gasteiger partial charge in [-0.15, -0.1) is 0 Å². The van der Waals surface area contributed by atoms with Crippen LogP contribution in [-0.4, -0.2) is 37.4 Å². The van der Waals surface area contributed by atoms with Gasteiger partial charge in [0.25, 0.3) is 20.2 Å². The number of allylic oxidation sites excluding steroid dienone is 2. The highest BCUT2D eigenvalue weighted by molar-refractivity contribution is 7.86. The average Bonchev–Trinajstić information content (AvgIpc) is 2.13. The Kier molecular flexibility index (Phi) is 7.69. The van der Waals surface area contributed by atoms with E-state index in [0.29, 0.717) is 12.8 Å². The van der Waals surface area contributed by atoms with E-state index in [9.17, 15) is 16.8 Å². The number of hydrogen-bond donors (Lipinski definition) is 2. The molecule has 1 atom stereocenters. The summed E-state index contributed by atoms with van der Waals surface area (Å²) in [7, 11) is -8.09. The fourth-order valence-electron chi connectivity index (χ4n) is 1.58. The van der Waals surface area contributed by atoms with Gasteiger partial charge in [0.2, 0.25) is 0 Å². The van der Waals surface area contributed by atoms with E-state index in [-0.39, 0.29) is 12.3 Å². The van der Waals surface area contributed by atoms with Gasteiger partial charge >= 0.3 is 0 Å². The predicted octanol–water partition coefficient (Wildman–Crippen LogP) is 1.51. The number of hydrogen-bond acceptors (Lipinski definition) is 4. The molecular formula is C10H20O6S2. The van der Waals surface area contributed by atoms with Crippen molar-refractivity contribution < 1.29 is 25.9 Å². The summed E-state index contributed by atoms with van der Waals surface area (Å²) in [5, 5.41) is 0. The molecule has 0 saturated heterocycles. The highest BCUT2D eigenvalue weighted by Crippen LogP contribution is 2.15. The molecule has 0 heterocycles. The summed E-state index contributed by atoms with van der Waals surface area (Å²) in [5.74, 6) is -1.14. The van der Waals surface area contributed by atoms with Crippen LogP contribution in [0, 0.1) is 5.92 Å². The quantitative estimate of drug-likeness (QED) is 0.493. The lowest BCUT2D eigenvalue weighted by molar-refractivity contribution is 0.449. The van der Waals surface area contributed by atoms with Gasteiger partial charge in [-0.3, -0.25) is 9.11 Å². The highest BCUT2D eigenvalue weighted by atomic mass is 32.2. The van der Waals surface area contributed by atoms with E-state index < -0.39 is 31.7 Å². The van der Waals surface area contributed by atoms with Crippen LogP contribution < -0.4 is 0 Å². The van der Waals surface area contributed by atoms with Crippen LogP contribution in [0.25, 0.3) is 0 Å². The normalized spacial score (nSPS) is 15.1. The van der Waals surface area contributed by atoms with Gasteiger partial charge in [-0.25, -0.2) is 0 Å². The van der Waals surface area contributed by atoms with Crippen molar-refractivity contribution in [1.82, 2.24) is 0 Å². The van der Waals surface area contributed by atoms with Crippen LogP contribution in [0.3, 0.4) is 0 Å². The molecule has 0 aliphatic heterocycles. The van der Waals surface area contributed by atoms with Crippen LogP contribution in [0.2, 0.25) is 0 Å². The molecule has 0 spiro atoms. The van der Waals surface area contributed by atoms with Gasteiger partial charge in [0.1, 0.15) is 0 Å². The van der Waals surface area contributed by atoms with Crippen molar-refractivity contribution in [2.75, 3.05) is 11.5 Å². The molecular weight excluding hydrogens is 280 g/mol. The summed E-state index contributed by atoms with van der Waals surface area (Å²) in [4.78, 5) is 0. The van der Waals surface area contributed by atoms with E-state index in [1.54, 1.807) is 0 Å². The molecule has 0 aliphatic carbocycles. The van der Waals surface area contributed by atoms with E-state index >= 15 is 0 Å². The standard InChI is InChI=1S/C10H20O6S2/c1-2-3-4-6-10(9-18(14,15)16)7-5-8-17(11,12)13/h3-4,10H,2,5-9H2,1H3,(H,11,12,13)(H,14,15,16). The molecule has 0 fully saturated rings. The zero-order valence-corrected chi connectivity index (χ0v) is 12.0. The molecule has 0 bridgehead atoms. The molecule has 2 N–H and O–H groups in total. The zero-order chi connectivity index (χ0) is 14.2. The molecule has 0 aromatic carbocycles. The summed E-state index contributed by atoms with van der Waals surface area (Å²) >= 11 is 0. The first kappa shape index (κ1) is 17.6. The third-order valence-corrected chi connectivity index (χ3v) is 4.03. The minimum atomic E-state index is -4.07. The topological polar surface area (TPSA) is 109 Å². The fourth-order valence-corrected chi connectivity index (χ4v) is 3.01. The monoisotopic (exact) mass is 300 g/mol. The maximum absolute atomic E-state index is 10.8. The van der Waals surface area contributed by atoms with Gasteiger partial charge in [-0.1, -0.05) is 19.1 Å². The molecule has 18 heavy (non-hydrogen) atoms.